The van der Waals surface area contributed by atoms with E-state index in [1.54, 1.807) is 20.8 Å². The molecule has 0 amide bonds. The van der Waals surface area contributed by atoms with Crippen LogP contribution in [0, 0.1) is 0 Å². The zero-order valence-electron chi connectivity index (χ0n) is 14.5. The predicted molar refractivity (Wildman–Crippen MR) is 100 cm³/mol. The molecule has 6 nitrogen and oxygen atoms in total. The molecule has 0 aliphatic rings. The van der Waals surface area contributed by atoms with E-state index in [9.17, 15) is 9.59 Å². The molecule has 0 bridgehead atoms. The minimum Gasteiger partial charge on any atom is -0.459 e. The van der Waals surface area contributed by atoms with Gasteiger partial charge in [-0.2, -0.15) is 10.1 Å². The molecule has 2 aromatic heterocycles. The lowest BCUT2D eigenvalue weighted by atomic mass is 10.2. The largest absolute Gasteiger partial charge is 0.459 e. The molecule has 2 aromatic rings. The Kier molecular flexibility index (Phi) is 6.65. The second-order valence-electron chi connectivity index (χ2n) is 6.24. The van der Waals surface area contributed by atoms with Crippen molar-refractivity contribution in [3.63, 3.8) is 0 Å². The molecule has 0 N–H and O–H groups in total. The van der Waals surface area contributed by atoms with Crippen LogP contribution in [0.1, 0.15) is 38.3 Å². The van der Waals surface area contributed by atoms with Gasteiger partial charge in [-0.3, -0.25) is 9.59 Å². The highest BCUT2D eigenvalue weighted by Gasteiger charge is 2.19. The molecule has 0 unspecified atom stereocenters. The van der Waals surface area contributed by atoms with Crippen LogP contribution in [0.5, 0.6) is 0 Å². The molecule has 0 spiro atoms. The number of hydrogen-bond donors (Lipinski definition) is 0. The van der Waals surface area contributed by atoms with Crippen molar-refractivity contribution in [2.24, 2.45) is 0 Å². The average molecular weight is 402 g/mol. The number of halogens is 1. The van der Waals surface area contributed by atoms with E-state index < -0.39 is 11.6 Å². The molecule has 0 aliphatic carbocycles. The van der Waals surface area contributed by atoms with Crippen LogP contribution in [-0.2, 0) is 28.2 Å². The van der Waals surface area contributed by atoms with Gasteiger partial charge in [-0.15, -0.1) is 11.3 Å². The van der Waals surface area contributed by atoms with Crippen molar-refractivity contribution >= 4 is 40.7 Å². The fraction of sp³-hybridized carbons (Fsp3) is 0.500. The number of carbonyl (C=O) groups excluding carboxylic acids is 1. The molecular formula is C16H20ClN3O3S2. The molecule has 2 heterocycles. The third-order valence-electron chi connectivity index (χ3n) is 2.91. The molecule has 0 aliphatic heterocycles. The van der Waals surface area contributed by atoms with Crippen molar-refractivity contribution < 1.29 is 9.53 Å². The Bertz CT molecular complexity index is 812. The van der Waals surface area contributed by atoms with Gasteiger partial charge in [-0.25, -0.2) is 4.68 Å². The Labute approximate surface area is 159 Å². The summed E-state index contributed by atoms with van der Waals surface area (Å²) < 4.78 is 7.48. The quantitative estimate of drug-likeness (QED) is 0.544. The SMILES string of the molecule is CCc1nn(CC(=O)OC(C)(C)C)c(SCc2ccc(Cl)s2)nc1=O. The smallest absolute Gasteiger partial charge is 0.328 e. The van der Waals surface area contributed by atoms with Gasteiger partial charge in [0.15, 0.2) is 5.16 Å². The molecule has 0 atom stereocenters. The van der Waals surface area contributed by atoms with Crippen LogP contribution < -0.4 is 5.56 Å². The van der Waals surface area contributed by atoms with Crippen molar-refractivity contribution in [2.75, 3.05) is 0 Å². The molecule has 0 radical (unpaired) electrons. The summed E-state index contributed by atoms with van der Waals surface area (Å²) in [4.78, 5) is 29.3. The molecule has 0 fully saturated rings. The Morgan fingerprint density at radius 2 is 2.12 bits per heavy atom. The van der Waals surface area contributed by atoms with E-state index in [0.29, 0.717) is 27.4 Å². The molecule has 0 aromatic carbocycles. The Morgan fingerprint density at radius 1 is 1.40 bits per heavy atom. The van der Waals surface area contributed by atoms with Gasteiger partial charge in [0, 0.05) is 10.6 Å². The van der Waals surface area contributed by atoms with Gasteiger partial charge in [0.05, 0.1) is 4.34 Å². The van der Waals surface area contributed by atoms with E-state index in [2.05, 4.69) is 10.1 Å². The number of thioether (sulfide) groups is 1. The van der Waals surface area contributed by atoms with Crippen LogP contribution in [0.25, 0.3) is 0 Å². The van der Waals surface area contributed by atoms with Gasteiger partial charge in [-0.05, 0) is 39.3 Å². The normalized spacial score (nSPS) is 11.6. The fourth-order valence-corrected chi connectivity index (χ4v) is 4.00. The van der Waals surface area contributed by atoms with Gasteiger partial charge < -0.3 is 4.74 Å². The van der Waals surface area contributed by atoms with Crippen LogP contribution in [0.15, 0.2) is 22.1 Å². The van der Waals surface area contributed by atoms with Crippen LogP contribution in [0.2, 0.25) is 4.34 Å². The minimum atomic E-state index is -0.585. The van der Waals surface area contributed by atoms with E-state index in [0.717, 1.165) is 4.88 Å². The van der Waals surface area contributed by atoms with E-state index in [-0.39, 0.29) is 12.1 Å². The van der Waals surface area contributed by atoms with Crippen molar-refractivity contribution in [1.82, 2.24) is 14.8 Å². The molecule has 9 heteroatoms. The van der Waals surface area contributed by atoms with Crippen molar-refractivity contribution in [1.29, 1.82) is 0 Å². The Hall–Kier alpha value is -1.38. The highest BCUT2D eigenvalue weighted by Crippen LogP contribution is 2.27. The van der Waals surface area contributed by atoms with E-state index >= 15 is 0 Å². The lowest BCUT2D eigenvalue weighted by Crippen LogP contribution is -2.30. The average Bonchev–Trinajstić information content (AvgIpc) is 2.90. The number of rotatable bonds is 6. The highest BCUT2D eigenvalue weighted by atomic mass is 35.5. The topological polar surface area (TPSA) is 74.1 Å². The molecular weight excluding hydrogens is 382 g/mol. The summed E-state index contributed by atoms with van der Waals surface area (Å²) in [5, 5.41) is 4.66. The summed E-state index contributed by atoms with van der Waals surface area (Å²) in [6.07, 6.45) is 0.450. The van der Waals surface area contributed by atoms with Crippen molar-refractivity contribution in [3.05, 3.63) is 37.4 Å². The zero-order chi connectivity index (χ0) is 18.6. The first-order valence-corrected chi connectivity index (χ1v) is 9.93. The van der Waals surface area contributed by atoms with Gasteiger partial charge in [0.2, 0.25) is 0 Å². The van der Waals surface area contributed by atoms with Crippen LogP contribution >= 0.6 is 34.7 Å². The van der Waals surface area contributed by atoms with Crippen LogP contribution in [0.4, 0.5) is 0 Å². The van der Waals surface area contributed by atoms with Crippen LogP contribution in [0.3, 0.4) is 0 Å². The summed E-state index contributed by atoms with van der Waals surface area (Å²) >= 11 is 8.74. The number of esters is 1. The monoisotopic (exact) mass is 401 g/mol. The van der Waals surface area contributed by atoms with Crippen LogP contribution in [-0.4, -0.2) is 26.3 Å². The lowest BCUT2D eigenvalue weighted by Gasteiger charge is -2.20. The fourth-order valence-electron chi connectivity index (χ4n) is 1.93. The maximum Gasteiger partial charge on any atom is 0.328 e. The molecule has 0 saturated carbocycles. The number of hydrogen-bond acceptors (Lipinski definition) is 7. The minimum absolute atomic E-state index is 0.0922. The second-order valence-corrected chi connectivity index (χ2v) is 8.98. The third kappa shape index (κ3) is 6.13. The lowest BCUT2D eigenvalue weighted by molar-refractivity contribution is -0.156. The van der Waals surface area contributed by atoms with Gasteiger partial charge in [-0.1, -0.05) is 30.3 Å². The predicted octanol–water partition coefficient (Wildman–Crippen LogP) is 3.55. The molecule has 136 valence electrons. The maximum atomic E-state index is 12.1. The van der Waals surface area contributed by atoms with E-state index in [4.69, 9.17) is 16.3 Å². The van der Waals surface area contributed by atoms with E-state index in [1.807, 2.05) is 19.1 Å². The summed E-state index contributed by atoms with van der Waals surface area (Å²) in [6.45, 7) is 7.13. The van der Waals surface area contributed by atoms with Gasteiger partial charge in [0.25, 0.3) is 5.56 Å². The Morgan fingerprint density at radius 3 is 2.68 bits per heavy atom. The number of aryl methyl sites for hydroxylation is 1. The summed E-state index contributed by atoms with van der Waals surface area (Å²) in [5.74, 6) is 0.166. The number of thiophene rings is 1. The maximum absolute atomic E-state index is 12.1. The number of nitrogens with zero attached hydrogens (tertiary/aromatic N) is 3. The molecule has 0 saturated heterocycles. The zero-order valence-corrected chi connectivity index (χ0v) is 16.9. The summed E-state index contributed by atoms with van der Waals surface area (Å²) in [5.41, 5.74) is -0.625. The summed E-state index contributed by atoms with van der Waals surface area (Å²) in [6, 6.07) is 3.74. The standard InChI is InChI=1S/C16H20ClN3O3S2/c1-5-11-14(22)18-15(24-9-10-6-7-12(17)25-10)20(19-11)8-13(21)23-16(2,3)4/h6-7H,5,8-9H2,1-4H3. The molecule has 2 rings (SSSR count). The highest BCUT2D eigenvalue weighted by molar-refractivity contribution is 7.98. The first-order chi connectivity index (χ1) is 11.7. The van der Waals surface area contributed by atoms with Gasteiger partial charge in [0.1, 0.15) is 17.8 Å². The van der Waals surface area contributed by atoms with Crippen molar-refractivity contribution in [2.45, 2.75) is 57.2 Å². The number of aromatic nitrogens is 3. The second kappa shape index (κ2) is 8.33. The first kappa shape index (κ1) is 19.9. The third-order valence-corrected chi connectivity index (χ3v) is 5.34. The number of ether oxygens (including phenoxy) is 1. The Balaban J connectivity index is 2.22. The summed E-state index contributed by atoms with van der Waals surface area (Å²) in [7, 11) is 0. The number of carbonyl (C=O) groups is 1. The molecule has 25 heavy (non-hydrogen) atoms. The van der Waals surface area contributed by atoms with Crippen molar-refractivity contribution in [3.8, 4) is 0 Å². The van der Waals surface area contributed by atoms with Gasteiger partial charge >= 0.3 is 5.97 Å². The van der Waals surface area contributed by atoms with E-state index in [1.165, 1.54) is 27.8 Å². The first-order valence-electron chi connectivity index (χ1n) is 7.75.